The number of aromatic hydroxyl groups is 1. The number of nitrogens with one attached hydrogen (secondary N) is 3. The first-order valence-electron chi connectivity index (χ1n) is 11.0. The van der Waals surface area contributed by atoms with Gasteiger partial charge in [0.25, 0.3) is 0 Å². The van der Waals surface area contributed by atoms with Gasteiger partial charge in [0.1, 0.15) is 6.10 Å². The fourth-order valence-corrected chi connectivity index (χ4v) is 4.46. The molecule has 2 amide bonds. The summed E-state index contributed by atoms with van der Waals surface area (Å²) in [7, 11) is 1.51. The molecule has 1 aromatic carbocycles. The number of aromatic nitrogens is 2. The number of phenolic OH excluding ortho intramolecular Hbond substituents is 1. The number of H-pyrrole nitrogens is 1. The highest BCUT2D eigenvalue weighted by atomic mass is 16.6. The van der Waals surface area contributed by atoms with Gasteiger partial charge in [-0.3, -0.25) is 9.89 Å². The highest BCUT2D eigenvalue weighted by Gasteiger charge is 2.46. The lowest BCUT2D eigenvalue weighted by Crippen LogP contribution is -2.33. The monoisotopic (exact) mass is 442 g/mol. The molecule has 9 nitrogen and oxygen atoms in total. The van der Waals surface area contributed by atoms with Crippen molar-refractivity contribution in [2.45, 2.75) is 63.5 Å². The number of phenols is 1. The number of ether oxygens (including phenoxy) is 2. The molecule has 0 radical (unpaired) electrons. The number of carbonyl (C=O) groups is 2. The summed E-state index contributed by atoms with van der Waals surface area (Å²) >= 11 is 0. The van der Waals surface area contributed by atoms with Crippen LogP contribution in [-0.2, 0) is 9.53 Å². The van der Waals surface area contributed by atoms with Crippen molar-refractivity contribution in [3.8, 4) is 11.5 Å². The topological polar surface area (TPSA) is 126 Å². The standard InChI is InChI=1S/C23H30N4O5/c1-12(2)24-23(30)32-14-8-7-13(9-14)18-11-20(27-26-18)25-22(29)17-10-16(17)15-5-4-6-19(28)21(15)31-3/h4-6,11-14,16-17,28H,7-10H2,1-3H3,(H,24,30)(H2,25,26,27,29)/t13?,14-,16+,17?/m1/s1. The molecule has 0 spiro atoms. The average molecular weight is 443 g/mol. The van der Waals surface area contributed by atoms with Gasteiger partial charge in [0.05, 0.1) is 7.11 Å². The number of anilines is 1. The molecule has 0 bridgehead atoms. The lowest BCUT2D eigenvalue weighted by molar-refractivity contribution is -0.117. The summed E-state index contributed by atoms with van der Waals surface area (Å²) in [6.45, 7) is 3.78. The quantitative estimate of drug-likeness (QED) is 0.519. The minimum Gasteiger partial charge on any atom is -0.504 e. The fourth-order valence-electron chi connectivity index (χ4n) is 4.46. The van der Waals surface area contributed by atoms with Crippen molar-refractivity contribution in [1.82, 2.24) is 15.5 Å². The van der Waals surface area contributed by atoms with Crippen molar-refractivity contribution in [3.05, 3.63) is 35.5 Å². The van der Waals surface area contributed by atoms with Gasteiger partial charge in [-0.2, -0.15) is 5.10 Å². The van der Waals surface area contributed by atoms with Gasteiger partial charge in [-0.05, 0) is 45.6 Å². The highest BCUT2D eigenvalue weighted by molar-refractivity contribution is 5.94. The molecule has 4 N–H and O–H groups in total. The number of amides is 2. The van der Waals surface area contributed by atoms with Crippen LogP contribution < -0.4 is 15.4 Å². The maximum absolute atomic E-state index is 12.7. The van der Waals surface area contributed by atoms with Gasteiger partial charge in [-0.25, -0.2) is 4.79 Å². The minimum atomic E-state index is -0.384. The van der Waals surface area contributed by atoms with E-state index in [1.807, 2.05) is 26.0 Å². The Morgan fingerprint density at radius 1 is 1.25 bits per heavy atom. The van der Waals surface area contributed by atoms with Crippen LogP contribution in [0.3, 0.4) is 0 Å². The van der Waals surface area contributed by atoms with E-state index in [0.29, 0.717) is 18.0 Å². The van der Waals surface area contributed by atoms with Crippen molar-refractivity contribution in [2.24, 2.45) is 5.92 Å². The van der Waals surface area contributed by atoms with Gasteiger partial charge in [-0.1, -0.05) is 12.1 Å². The molecule has 4 atom stereocenters. The molecule has 2 aliphatic carbocycles. The number of hydrogen-bond donors (Lipinski definition) is 4. The van der Waals surface area contributed by atoms with Gasteiger partial charge in [-0.15, -0.1) is 0 Å². The third-order valence-corrected chi connectivity index (χ3v) is 6.11. The highest BCUT2D eigenvalue weighted by Crippen LogP contribution is 2.52. The van der Waals surface area contributed by atoms with Crippen LogP contribution in [0.4, 0.5) is 10.6 Å². The number of alkyl carbamates (subject to hydrolysis) is 1. The van der Waals surface area contributed by atoms with E-state index in [9.17, 15) is 14.7 Å². The number of hydrogen-bond acceptors (Lipinski definition) is 6. The minimum absolute atomic E-state index is 0.0141. The largest absolute Gasteiger partial charge is 0.504 e. The van der Waals surface area contributed by atoms with Crippen LogP contribution in [0, 0.1) is 5.92 Å². The number of methoxy groups -OCH3 is 1. The number of carbonyl (C=O) groups excluding carboxylic acids is 2. The lowest BCUT2D eigenvalue weighted by atomic mass is 10.0. The van der Waals surface area contributed by atoms with Gasteiger partial charge in [0, 0.05) is 41.1 Å². The third-order valence-electron chi connectivity index (χ3n) is 6.11. The summed E-state index contributed by atoms with van der Waals surface area (Å²) in [6, 6.07) is 7.10. The summed E-state index contributed by atoms with van der Waals surface area (Å²) in [6.07, 6.45) is 2.60. The van der Waals surface area contributed by atoms with E-state index in [1.54, 1.807) is 12.1 Å². The molecule has 172 valence electrons. The van der Waals surface area contributed by atoms with E-state index in [0.717, 1.165) is 30.5 Å². The van der Waals surface area contributed by atoms with Gasteiger partial charge >= 0.3 is 6.09 Å². The average Bonchev–Trinajstić information content (AvgIpc) is 3.17. The van der Waals surface area contributed by atoms with Crippen molar-refractivity contribution < 1.29 is 24.2 Å². The number of benzene rings is 1. The maximum Gasteiger partial charge on any atom is 0.407 e. The summed E-state index contributed by atoms with van der Waals surface area (Å²) in [5.74, 6) is 0.922. The lowest BCUT2D eigenvalue weighted by Gasteiger charge is -2.14. The first kappa shape index (κ1) is 22.0. The Morgan fingerprint density at radius 3 is 2.81 bits per heavy atom. The molecule has 2 fully saturated rings. The van der Waals surface area contributed by atoms with Crippen molar-refractivity contribution in [2.75, 3.05) is 12.4 Å². The Balaban J connectivity index is 1.30. The Morgan fingerprint density at radius 2 is 2.06 bits per heavy atom. The summed E-state index contributed by atoms with van der Waals surface area (Å²) in [4.78, 5) is 24.5. The molecule has 1 aromatic heterocycles. The van der Waals surface area contributed by atoms with E-state index in [-0.39, 0.29) is 47.6 Å². The summed E-state index contributed by atoms with van der Waals surface area (Å²) in [5, 5.41) is 22.8. The van der Waals surface area contributed by atoms with E-state index in [4.69, 9.17) is 9.47 Å². The number of para-hydroxylation sites is 1. The van der Waals surface area contributed by atoms with E-state index < -0.39 is 0 Å². The van der Waals surface area contributed by atoms with E-state index >= 15 is 0 Å². The zero-order valence-electron chi connectivity index (χ0n) is 18.6. The van der Waals surface area contributed by atoms with Crippen LogP contribution in [-0.4, -0.2) is 46.6 Å². The number of nitrogens with zero attached hydrogens (tertiary/aromatic N) is 1. The molecule has 2 aromatic rings. The maximum atomic E-state index is 12.7. The molecular formula is C23H30N4O5. The Bertz CT molecular complexity index is 989. The number of aromatic amines is 1. The number of rotatable bonds is 7. The van der Waals surface area contributed by atoms with Gasteiger partial charge in [0.2, 0.25) is 5.91 Å². The smallest absolute Gasteiger partial charge is 0.407 e. The van der Waals surface area contributed by atoms with Crippen LogP contribution in [0.2, 0.25) is 0 Å². The molecule has 0 aliphatic heterocycles. The molecular weight excluding hydrogens is 412 g/mol. The SMILES string of the molecule is COc1c(O)cccc1[C@@H]1CC1C(=O)Nc1cc(C2CC[C@@H](OC(=O)NC(C)C)C2)[nH]n1. The van der Waals surface area contributed by atoms with Gasteiger partial charge in [0.15, 0.2) is 17.3 Å². The molecule has 32 heavy (non-hydrogen) atoms. The second kappa shape index (κ2) is 9.10. The van der Waals surface area contributed by atoms with E-state index in [2.05, 4.69) is 20.8 Å². The molecule has 2 unspecified atom stereocenters. The predicted octanol–water partition coefficient (Wildman–Crippen LogP) is 3.64. The molecule has 2 saturated carbocycles. The molecule has 4 rings (SSSR count). The van der Waals surface area contributed by atoms with Crippen LogP contribution in [0.25, 0.3) is 0 Å². The Kier molecular flexibility index (Phi) is 6.25. The first-order valence-corrected chi connectivity index (χ1v) is 11.0. The first-order chi connectivity index (χ1) is 15.4. The second-order valence-corrected chi connectivity index (χ2v) is 8.88. The Hall–Kier alpha value is -3.23. The summed E-state index contributed by atoms with van der Waals surface area (Å²) < 4.78 is 10.8. The molecule has 1 heterocycles. The third kappa shape index (κ3) is 4.81. The zero-order valence-corrected chi connectivity index (χ0v) is 18.6. The summed E-state index contributed by atoms with van der Waals surface area (Å²) in [5.41, 5.74) is 1.77. The molecule has 0 saturated heterocycles. The van der Waals surface area contributed by atoms with Crippen LogP contribution >= 0.6 is 0 Å². The normalized spacial score (nSPS) is 24.2. The predicted molar refractivity (Wildman–Crippen MR) is 118 cm³/mol. The Labute approximate surface area is 186 Å². The molecule has 9 heteroatoms. The van der Waals surface area contributed by atoms with Crippen molar-refractivity contribution in [3.63, 3.8) is 0 Å². The second-order valence-electron chi connectivity index (χ2n) is 8.88. The van der Waals surface area contributed by atoms with Crippen molar-refractivity contribution in [1.29, 1.82) is 0 Å². The molecule has 2 aliphatic rings. The van der Waals surface area contributed by atoms with Crippen LogP contribution in [0.5, 0.6) is 11.5 Å². The van der Waals surface area contributed by atoms with Crippen LogP contribution in [0.15, 0.2) is 24.3 Å². The van der Waals surface area contributed by atoms with E-state index in [1.165, 1.54) is 7.11 Å². The van der Waals surface area contributed by atoms with Crippen LogP contribution in [0.1, 0.15) is 62.6 Å². The van der Waals surface area contributed by atoms with Crippen molar-refractivity contribution >= 4 is 17.8 Å². The zero-order chi connectivity index (χ0) is 22.8. The van der Waals surface area contributed by atoms with Gasteiger partial charge < -0.3 is 25.2 Å². The fraction of sp³-hybridized carbons (Fsp3) is 0.522.